The van der Waals surface area contributed by atoms with E-state index in [4.69, 9.17) is 11.6 Å². The fraction of sp³-hybridized carbons (Fsp3) is 0. The van der Waals surface area contributed by atoms with E-state index in [0.29, 0.717) is 11.4 Å². The molecule has 0 bridgehead atoms. The standard InChI is InChI=1S/C15H11ClN2O/c16-12-6-4-11(5-7-12)15-9-13(17-10-19)14-3-1-2-8-18(14)15/h1-10H,(H,17,19). The van der Waals surface area contributed by atoms with E-state index in [1.165, 1.54) is 0 Å². The molecule has 19 heavy (non-hydrogen) atoms. The molecule has 0 atom stereocenters. The second-order valence-electron chi connectivity index (χ2n) is 4.17. The molecule has 1 N–H and O–H groups in total. The number of amides is 1. The van der Waals surface area contributed by atoms with Crippen molar-refractivity contribution in [3.8, 4) is 11.3 Å². The topological polar surface area (TPSA) is 33.5 Å². The zero-order valence-electron chi connectivity index (χ0n) is 10.0. The number of anilines is 1. The van der Waals surface area contributed by atoms with E-state index in [2.05, 4.69) is 5.32 Å². The van der Waals surface area contributed by atoms with Gasteiger partial charge >= 0.3 is 0 Å². The molecular weight excluding hydrogens is 260 g/mol. The number of fused-ring (bicyclic) bond motifs is 1. The van der Waals surface area contributed by atoms with Crippen LogP contribution in [0.2, 0.25) is 5.02 Å². The quantitative estimate of drug-likeness (QED) is 0.721. The Morgan fingerprint density at radius 1 is 1.11 bits per heavy atom. The third-order valence-electron chi connectivity index (χ3n) is 3.03. The summed E-state index contributed by atoms with van der Waals surface area (Å²) in [7, 11) is 0. The first kappa shape index (κ1) is 11.8. The molecule has 3 aromatic rings. The lowest BCUT2D eigenvalue weighted by Gasteiger charge is -2.02. The van der Waals surface area contributed by atoms with Gasteiger partial charge in [0.2, 0.25) is 6.41 Å². The van der Waals surface area contributed by atoms with Gasteiger partial charge in [-0.3, -0.25) is 4.79 Å². The largest absolute Gasteiger partial charge is 0.327 e. The maximum Gasteiger partial charge on any atom is 0.211 e. The monoisotopic (exact) mass is 270 g/mol. The highest BCUT2D eigenvalue weighted by Crippen LogP contribution is 2.29. The van der Waals surface area contributed by atoms with Crippen LogP contribution in [0.4, 0.5) is 5.69 Å². The first-order valence-electron chi connectivity index (χ1n) is 5.86. The number of hydrogen-bond donors (Lipinski definition) is 1. The lowest BCUT2D eigenvalue weighted by Crippen LogP contribution is -1.92. The number of pyridine rings is 1. The fourth-order valence-electron chi connectivity index (χ4n) is 2.18. The van der Waals surface area contributed by atoms with Crippen molar-refractivity contribution in [3.05, 3.63) is 59.8 Å². The maximum atomic E-state index is 10.7. The lowest BCUT2D eigenvalue weighted by molar-refractivity contribution is -0.105. The Hall–Kier alpha value is -2.26. The van der Waals surface area contributed by atoms with Gasteiger partial charge in [0.05, 0.1) is 16.9 Å². The minimum atomic E-state index is 0.688. The number of carbonyl (C=O) groups is 1. The fourth-order valence-corrected chi connectivity index (χ4v) is 2.30. The average Bonchev–Trinajstić information content (AvgIpc) is 2.80. The van der Waals surface area contributed by atoms with Crippen molar-refractivity contribution in [1.82, 2.24) is 4.40 Å². The Kier molecular flexibility index (Phi) is 2.97. The summed E-state index contributed by atoms with van der Waals surface area (Å²) < 4.78 is 2.04. The van der Waals surface area contributed by atoms with Gasteiger partial charge in [-0.05, 0) is 35.9 Å². The molecule has 2 heterocycles. The molecule has 0 aliphatic carbocycles. The van der Waals surface area contributed by atoms with Gasteiger partial charge < -0.3 is 9.72 Å². The van der Waals surface area contributed by atoms with Crippen molar-refractivity contribution < 1.29 is 4.79 Å². The lowest BCUT2D eigenvalue weighted by atomic mass is 10.1. The smallest absolute Gasteiger partial charge is 0.211 e. The zero-order valence-corrected chi connectivity index (χ0v) is 10.8. The third-order valence-corrected chi connectivity index (χ3v) is 3.28. The van der Waals surface area contributed by atoms with Crippen LogP contribution in [-0.4, -0.2) is 10.8 Å². The van der Waals surface area contributed by atoms with Crippen molar-refractivity contribution in [2.45, 2.75) is 0 Å². The van der Waals surface area contributed by atoms with Crippen LogP contribution in [0, 0.1) is 0 Å². The molecule has 2 aromatic heterocycles. The Labute approximate surface area is 115 Å². The van der Waals surface area contributed by atoms with Gasteiger partial charge in [-0.15, -0.1) is 0 Å². The third kappa shape index (κ3) is 2.09. The molecule has 0 spiro atoms. The number of carbonyl (C=O) groups excluding carboxylic acids is 1. The highest BCUT2D eigenvalue weighted by molar-refractivity contribution is 6.30. The van der Waals surface area contributed by atoms with Gasteiger partial charge in [-0.25, -0.2) is 0 Å². The van der Waals surface area contributed by atoms with Crippen LogP contribution in [0.15, 0.2) is 54.7 Å². The van der Waals surface area contributed by atoms with E-state index < -0.39 is 0 Å². The molecule has 1 amide bonds. The van der Waals surface area contributed by atoms with Gasteiger partial charge in [0.1, 0.15) is 0 Å². The number of nitrogens with zero attached hydrogens (tertiary/aromatic N) is 1. The minimum Gasteiger partial charge on any atom is -0.327 e. The Morgan fingerprint density at radius 3 is 2.63 bits per heavy atom. The van der Waals surface area contributed by atoms with Crippen LogP contribution >= 0.6 is 11.6 Å². The molecule has 0 radical (unpaired) electrons. The normalized spacial score (nSPS) is 10.6. The summed E-state index contributed by atoms with van der Waals surface area (Å²) in [6, 6.07) is 15.4. The second-order valence-corrected chi connectivity index (χ2v) is 4.60. The van der Waals surface area contributed by atoms with Crippen LogP contribution < -0.4 is 5.32 Å². The summed E-state index contributed by atoms with van der Waals surface area (Å²) in [4.78, 5) is 10.7. The van der Waals surface area contributed by atoms with E-state index in [-0.39, 0.29) is 0 Å². The Morgan fingerprint density at radius 2 is 1.89 bits per heavy atom. The molecule has 3 nitrogen and oxygen atoms in total. The summed E-state index contributed by atoms with van der Waals surface area (Å²) >= 11 is 5.91. The van der Waals surface area contributed by atoms with Crippen molar-refractivity contribution in [2.75, 3.05) is 5.32 Å². The number of benzene rings is 1. The van der Waals surface area contributed by atoms with Gasteiger partial charge in [0.15, 0.2) is 0 Å². The molecule has 0 aliphatic rings. The van der Waals surface area contributed by atoms with Gasteiger partial charge in [-0.2, -0.15) is 0 Å². The maximum absolute atomic E-state index is 10.7. The molecular formula is C15H11ClN2O. The predicted octanol–water partition coefficient (Wildman–Crippen LogP) is 3.83. The molecule has 0 saturated heterocycles. The summed E-state index contributed by atoms with van der Waals surface area (Å²) in [5.41, 5.74) is 3.81. The summed E-state index contributed by atoms with van der Waals surface area (Å²) in [6.45, 7) is 0. The van der Waals surface area contributed by atoms with Crippen molar-refractivity contribution in [3.63, 3.8) is 0 Å². The van der Waals surface area contributed by atoms with Crippen LogP contribution in [-0.2, 0) is 4.79 Å². The van der Waals surface area contributed by atoms with Gasteiger partial charge in [0, 0.05) is 11.2 Å². The predicted molar refractivity (Wildman–Crippen MR) is 77.5 cm³/mol. The molecule has 0 unspecified atom stereocenters. The van der Waals surface area contributed by atoms with Crippen LogP contribution in [0.25, 0.3) is 16.8 Å². The molecule has 3 rings (SSSR count). The number of aromatic nitrogens is 1. The Balaban J connectivity index is 2.23. The number of nitrogens with one attached hydrogen (secondary N) is 1. The number of rotatable bonds is 3. The van der Waals surface area contributed by atoms with Crippen molar-refractivity contribution in [1.29, 1.82) is 0 Å². The SMILES string of the molecule is O=CNc1cc(-c2ccc(Cl)cc2)n2ccccc12. The molecule has 4 heteroatoms. The number of halogens is 1. The van der Waals surface area contributed by atoms with Crippen LogP contribution in [0.3, 0.4) is 0 Å². The first-order valence-corrected chi connectivity index (χ1v) is 6.23. The number of hydrogen-bond acceptors (Lipinski definition) is 1. The van der Waals surface area contributed by atoms with Crippen molar-refractivity contribution in [2.24, 2.45) is 0 Å². The Bertz CT molecular complexity index is 731. The molecule has 0 saturated carbocycles. The van der Waals surface area contributed by atoms with E-state index in [0.717, 1.165) is 22.5 Å². The van der Waals surface area contributed by atoms with E-state index in [1.807, 2.05) is 59.1 Å². The average molecular weight is 271 g/mol. The van der Waals surface area contributed by atoms with Gasteiger partial charge in [0.25, 0.3) is 0 Å². The highest BCUT2D eigenvalue weighted by atomic mass is 35.5. The van der Waals surface area contributed by atoms with E-state index in [1.54, 1.807) is 0 Å². The summed E-state index contributed by atoms with van der Waals surface area (Å²) in [6.07, 6.45) is 2.66. The molecule has 0 aliphatic heterocycles. The van der Waals surface area contributed by atoms with E-state index >= 15 is 0 Å². The first-order chi connectivity index (χ1) is 9.29. The second kappa shape index (κ2) is 4.78. The minimum absolute atomic E-state index is 0.688. The molecule has 1 aromatic carbocycles. The molecule has 0 fully saturated rings. The van der Waals surface area contributed by atoms with Crippen LogP contribution in [0.1, 0.15) is 0 Å². The van der Waals surface area contributed by atoms with Crippen molar-refractivity contribution >= 4 is 29.2 Å². The van der Waals surface area contributed by atoms with E-state index in [9.17, 15) is 4.79 Å². The highest BCUT2D eigenvalue weighted by Gasteiger charge is 2.09. The summed E-state index contributed by atoms with van der Waals surface area (Å²) in [5, 5.41) is 3.43. The van der Waals surface area contributed by atoms with Gasteiger partial charge in [-0.1, -0.05) is 29.8 Å². The van der Waals surface area contributed by atoms with Crippen LogP contribution in [0.5, 0.6) is 0 Å². The summed E-state index contributed by atoms with van der Waals surface area (Å²) in [5.74, 6) is 0. The molecule has 94 valence electrons. The zero-order chi connectivity index (χ0) is 13.2.